The molecule has 0 radical (unpaired) electrons. The Morgan fingerprint density at radius 2 is 1.07 bits per heavy atom. The number of carbonyl (C=O) groups is 1. The molecule has 0 unspecified atom stereocenters. The average molecular weight is 464 g/mol. The SMILES string of the molecule is CC(C)(C)CCCCCC(=O)O.[CH2-]CCCCCCC.[CH2-]CCCCCCC.[Zn+2]. The molecule has 0 saturated carbocycles. The summed E-state index contributed by atoms with van der Waals surface area (Å²) in [6.45, 7) is 18.7. The van der Waals surface area contributed by atoms with Crippen molar-refractivity contribution in [2.45, 2.75) is 144 Å². The van der Waals surface area contributed by atoms with E-state index in [2.05, 4.69) is 48.5 Å². The number of hydrogen-bond donors (Lipinski definition) is 1. The van der Waals surface area contributed by atoms with Crippen molar-refractivity contribution in [2.24, 2.45) is 5.41 Å². The number of carboxylic acids is 1. The molecule has 0 heterocycles. The molecule has 1 N–H and O–H groups in total. The van der Waals surface area contributed by atoms with E-state index in [0.29, 0.717) is 11.8 Å². The van der Waals surface area contributed by atoms with Crippen molar-refractivity contribution in [1.82, 2.24) is 0 Å². The van der Waals surface area contributed by atoms with Crippen LogP contribution in [0.15, 0.2) is 0 Å². The molecule has 0 spiro atoms. The van der Waals surface area contributed by atoms with E-state index in [0.717, 1.165) is 32.1 Å². The summed E-state index contributed by atoms with van der Waals surface area (Å²) in [6.07, 6.45) is 20.5. The molecule has 0 rings (SSSR count). The molecule has 0 aliphatic rings. The molecule has 3 heteroatoms. The summed E-state index contributed by atoms with van der Waals surface area (Å²) >= 11 is 0. The molecule has 0 aliphatic heterocycles. The predicted molar refractivity (Wildman–Crippen MR) is 128 cm³/mol. The van der Waals surface area contributed by atoms with E-state index in [1.165, 1.54) is 70.6 Å². The van der Waals surface area contributed by atoms with Crippen LogP contribution in [0.5, 0.6) is 0 Å². The summed E-state index contributed by atoms with van der Waals surface area (Å²) in [5.41, 5.74) is 0.392. The van der Waals surface area contributed by atoms with Gasteiger partial charge in [0.15, 0.2) is 0 Å². The second-order valence-corrected chi connectivity index (χ2v) is 9.05. The van der Waals surface area contributed by atoms with Gasteiger partial charge in [-0.05, 0) is 18.3 Å². The Kier molecular flexibility index (Phi) is 38.1. The van der Waals surface area contributed by atoms with Gasteiger partial charge in [0.25, 0.3) is 0 Å². The maximum atomic E-state index is 10.2. The molecular weight excluding hydrogens is 410 g/mol. The maximum Gasteiger partial charge on any atom is 2.00 e. The van der Waals surface area contributed by atoms with E-state index >= 15 is 0 Å². The Labute approximate surface area is 198 Å². The van der Waals surface area contributed by atoms with E-state index < -0.39 is 5.97 Å². The Hall–Kier alpha value is 0.0934. The number of aliphatic carboxylic acids is 1. The van der Waals surface area contributed by atoms with Crippen molar-refractivity contribution < 1.29 is 29.4 Å². The minimum atomic E-state index is -0.675. The molecule has 0 amide bonds. The Morgan fingerprint density at radius 3 is 1.38 bits per heavy atom. The Morgan fingerprint density at radius 1 is 0.690 bits per heavy atom. The van der Waals surface area contributed by atoms with Crippen LogP contribution in [-0.4, -0.2) is 11.1 Å². The summed E-state index contributed by atoms with van der Waals surface area (Å²) < 4.78 is 0. The third kappa shape index (κ3) is 52.5. The first-order valence-corrected chi connectivity index (χ1v) is 12.0. The summed E-state index contributed by atoms with van der Waals surface area (Å²) in [7, 11) is 0. The molecule has 0 aromatic rings. The van der Waals surface area contributed by atoms with Gasteiger partial charge in [0, 0.05) is 6.42 Å². The van der Waals surface area contributed by atoms with Crippen molar-refractivity contribution in [3.63, 3.8) is 0 Å². The van der Waals surface area contributed by atoms with Crippen molar-refractivity contribution >= 4 is 5.97 Å². The second kappa shape index (κ2) is 30.3. The van der Waals surface area contributed by atoms with Crippen LogP contribution in [-0.2, 0) is 24.3 Å². The Balaban J connectivity index is -0.000000164. The zero-order chi connectivity index (χ0) is 22.1. The largest absolute Gasteiger partial charge is 2.00 e. The van der Waals surface area contributed by atoms with Gasteiger partial charge >= 0.3 is 25.4 Å². The first kappa shape index (κ1) is 36.5. The smallest absolute Gasteiger partial charge is 0.481 e. The van der Waals surface area contributed by atoms with Gasteiger partial charge in [-0.3, -0.25) is 4.79 Å². The standard InChI is InChI=1S/C10H20O2.2C8H17.Zn/c1-10(2,3)8-6-4-5-7-9(11)12;2*1-3-5-7-8-6-4-2;/h4-8H2,1-3H3,(H,11,12);2*1,3-8H2,2H3;/q;2*-1;+2. The van der Waals surface area contributed by atoms with Gasteiger partial charge in [-0.15, -0.1) is 0 Å². The van der Waals surface area contributed by atoms with Crippen LogP contribution in [0.1, 0.15) is 144 Å². The zero-order valence-corrected chi connectivity index (χ0v) is 24.0. The van der Waals surface area contributed by atoms with Crippen molar-refractivity contribution in [3.05, 3.63) is 13.8 Å². The van der Waals surface area contributed by atoms with Crippen LogP contribution in [0.2, 0.25) is 0 Å². The molecule has 0 aromatic heterocycles. The first-order chi connectivity index (χ1) is 13.2. The van der Waals surface area contributed by atoms with E-state index in [1.807, 2.05) is 0 Å². The zero-order valence-electron chi connectivity index (χ0n) is 21.0. The van der Waals surface area contributed by atoms with Crippen LogP contribution in [0, 0.1) is 19.3 Å². The van der Waals surface area contributed by atoms with E-state index in [1.54, 1.807) is 0 Å². The van der Waals surface area contributed by atoms with Crippen molar-refractivity contribution in [1.29, 1.82) is 0 Å². The van der Waals surface area contributed by atoms with E-state index in [9.17, 15) is 4.79 Å². The minimum absolute atomic E-state index is 0. The van der Waals surface area contributed by atoms with E-state index in [4.69, 9.17) is 5.11 Å². The predicted octanol–water partition coefficient (Wildman–Crippen LogP) is 9.43. The van der Waals surface area contributed by atoms with Gasteiger partial charge in [-0.25, -0.2) is 0 Å². The van der Waals surface area contributed by atoms with Crippen LogP contribution in [0.3, 0.4) is 0 Å². The molecule has 2 nitrogen and oxygen atoms in total. The first-order valence-electron chi connectivity index (χ1n) is 12.0. The van der Waals surface area contributed by atoms with Crippen LogP contribution in [0.25, 0.3) is 0 Å². The van der Waals surface area contributed by atoms with Gasteiger partial charge in [0.2, 0.25) is 0 Å². The molecule has 29 heavy (non-hydrogen) atoms. The summed E-state index contributed by atoms with van der Waals surface area (Å²) in [5, 5.41) is 8.37. The quantitative estimate of drug-likeness (QED) is 0.149. The summed E-state index contributed by atoms with van der Waals surface area (Å²) in [5.74, 6) is -0.675. The third-order valence-corrected chi connectivity index (χ3v) is 4.52. The van der Waals surface area contributed by atoms with Gasteiger partial charge in [-0.2, -0.15) is 12.8 Å². The van der Waals surface area contributed by atoms with Gasteiger partial charge in [0.05, 0.1) is 0 Å². The molecule has 172 valence electrons. The minimum Gasteiger partial charge on any atom is -0.481 e. The number of rotatable bonds is 15. The molecule has 0 aromatic carbocycles. The van der Waals surface area contributed by atoms with Gasteiger partial charge in [0.1, 0.15) is 0 Å². The molecule has 0 saturated heterocycles. The molecule has 0 fully saturated rings. The number of hydrogen-bond acceptors (Lipinski definition) is 1. The van der Waals surface area contributed by atoms with Crippen molar-refractivity contribution in [2.75, 3.05) is 0 Å². The molecule has 0 atom stereocenters. The third-order valence-electron chi connectivity index (χ3n) is 4.52. The normalized spacial score (nSPS) is 10.2. The average Bonchev–Trinajstić information content (AvgIpc) is 2.62. The van der Waals surface area contributed by atoms with Crippen LogP contribution >= 0.6 is 0 Å². The summed E-state index contributed by atoms with van der Waals surface area (Å²) in [4.78, 5) is 10.2. The fraction of sp³-hybridized carbons (Fsp3) is 0.885. The summed E-state index contributed by atoms with van der Waals surface area (Å²) in [6, 6.07) is 0. The van der Waals surface area contributed by atoms with Gasteiger partial charge in [-0.1, -0.05) is 112 Å². The van der Waals surface area contributed by atoms with Gasteiger partial charge < -0.3 is 19.0 Å². The molecule has 0 aliphatic carbocycles. The molecular formula is C26H54O2Zn. The monoisotopic (exact) mass is 462 g/mol. The fourth-order valence-electron chi connectivity index (χ4n) is 2.67. The second-order valence-electron chi connectivity index (χ2n) is 9.05. The Bertz CT molecular complexity index is 261. The fourth-order valence-corrected chi connectivity index (χ4v) is 2.67. The van der Waals surface area contributed by atoms with Crippen LogP contribution < -0.4 is 0 Å². The van der Waals surface area contributed by atoms with Crippen molar-refractivity contribution in [3.8, 4) is 0 Å². The number of carboxylic acid groups (broad SMARTS) is 1. The van der Waals surface area contributed by atoms with E-state index in [-0.39, 0.29) is 19.5 Å². The molecule has 0 bridgehead atoms. The topological polar surface area (TPSA) is 37.3 Å². The number of unbranched alkanes of at least 4 members (excludes halogenated alkanes) is 12. The van der Waals surface area contributed by atoms with Crippen LogP contribution in [0.4, 0.5) is 0 Å². The maximum absolute atomic E-state index is 10.2.